The third-order valence-corrected chi connectivity index (χ3v) is 8.39. The fourth-order valence-electron chi connectivity index (χ4n) is 7.38. The van der Waals surface area contributed by atoms with Gasteiger partial charge in [-0.25, -0.2) is 0 Å². The average molecular weight is 443 g/mol. The SMILES string of the molecule is Clc1cccc(NCCC23CC4CC(C2)CC(CCNc2cccc(Cl)c2)(C4)C3)c1. The lowest BCUT2D eigenvalue weighted by atomic mass is 9.43. The molecule has 2 aromatic carbocycles. The second kappa shape index (κ2) is 8.28. The largest absolute Gasteiger partial charge is 0.385 e. The summed E-state index contributed by atoms with van der Waals surface area (Å²) in [6.45, 7) is 2.10. The van der Waals surface area contributed by atoms with Gasteiger partial charge < -0.3 is 10.6 Å². The standard InChI is InChI=1S/C26H32Cl2N2/c27-21-3-1-5-23(12-21)29-9-7-25-14-19-11-20(15-25)17-26(16-19,18-25)8-10-30-24-6-2-4-22(28)13-24/h1-6,12-13,19-20,29-30H,7-11,14-18H2. The zero-order valence-corrected chi connectivity index (χ0v) is 19.1. The monoisotopic (exact) mass is 442 g/mol. The van der Waals surface area contributed by atoms with Crippen molar-refractivity contribution in [2.45, 2.75) is 51.4 Å². The Bertz CT molecular complexity index is 813. The molecule has 4 aliphatic rings. The number of hydrogen-bond acceptors (Lipinski definition) is 2. The van der Waals surface area contributed by atoms with E-state index in [1.165, 1.54) is 51.4 Å². The van der Waals surface area contributed by atoms with Crippen LogP contribution in [0.15, 0.2) is 48.5 Å². The first kappa shape index (κ1) is 20.5. The van der Waals surface area contributed by atoms with E-state index >= 15 is 0 Å². The summed E-state index contributed by atoms with van der Waals surface area (Å²) in [5.41, 5.74) is 3.39. The highest BCUT2D eigenvalue weighted by molar-refractivity contribution is 6.31. The Morgan fingerprint density at radius 1 is 0.733 bits per heavy atom. The summed E-state index contributed by atoms with van der Waals surface area (Å²) < 4.78 is 0. The van der Waals surface area contributed by atoms with Crippen molar-refractivity contribution in [1.29, 1.82) is 0 Å². The predicted octanol–water partition coefficient (Wildman–Crippen LogP) is 7.88. The highest BCUT2D eigenvalue weighted by atomic mass is 35.5. The summed E-state index contributed by atoms with van der Waals surface area (Å²) in [4.78, 5) is 0. The van der Waals surface area contributed by atoms with E-state index in [1.54, 1.807) is 0 Å². The van der Waals surface area contributed by atoms with Gasteiger partial charge in [-0.3, -0.25) is 0 Å². The Morgan fingerprint density at radius 2 is 1.20 bits per heavy atom. The molecule has 0 amide bonds. The Morgan fingerprint density at radius 3 is 1.63 bits per heavy atom. The van der Waals surface area contributed by atoms with Crippen LogP contribution >= 0.6 is 23.2 Å². The van der Waals surface area contributed by atoms with Gasteiger partial charge in [-0.2, -0.15) is 0 Å². The molecular weight excluding hydrogens is 411 g/mol. The molecule has 6 rings (SSSR count). The number of rotatable bonds is 8. The van der Waals surface area contributed by atoms with Crippen LogP contribution in [0, 0.1) is 22.7 Å². The normalized spacial score (nSPS) is 31.7. The quantitative estimate of drug-likeness (QED) is 0.434. The number of nitrogens with one attached hydrogen (secondary N) is 2. The van der Waals surface area contributed by atoms with Gasteiger partial charge in [0, 0.05) is 34.5 Å². The third kappa shape index (κ3) is 4.46. The molecule has 0 aliphatic heterocycles. The summed E-state index contributed by atoms with van der Waals surface area (Å²) in [6.07, 6.45) is 11.3. The van der Waals surface area contributed by atoms with Crippen molar-refractivity contribution in [3.8, 4) is 0 Å². The van der Waals surface area contributed by atoms with Gasteiger partial charge >= 0.3 is 0 Å². The fraction of sp³-hybridized carbons (Fsp3) is 0.538. The fourth-order valence-corrected chi connectivity index (χ4v) is 7.76. The van der Waals surface area contributed by atoms with Gasteiger partial charge in [0.1, 0.15) is 0 Å². The maximum Gasteiger partial charge on any atom is 0.0426 e. The van der Waals surface area contributed by atoms with Crippen molar-refractivity contribution in [1.82, 2.24) is 0 Å². The van der Waals surface area contributed by atoms with Crippen LogP contribution in [0.4, 0.5) is 11.4 Å². The van der Waals surface area contributed by atoms with Crippen LogP contribution in [0.2, 0.25) is 10.0 Å². The summed E-state index contributed by atoms with van der Waals surface area (Å²) >= 11 is 12.3. The van der Waals surface area contributed by atoms with Crippen LogP contribution in [-0.4, -0.2) is 13.1 Å². The Labute approximate surface area is 190 Å². The molecule has 0 unspecified atom stereocenters. The summed E-state index contributed by atoms with van der Waals surface area (Å²) in [6, 6.07) is 16.2. The molecule has 0 saturated heterocycles. The van der Waals surface area contributed by atoms with Gasteiger partial charge in [0.15, 0.2) is 0 Å². The van der Waals surface area contributed by atoms with E-state index in [0.29, 0.717) is 10.8 Å². The van der Waals surface area contributed by atoms with Gasteiger partial charge in [0.05, 0.1) is 0 Å². The molecule has 4 fully saturated rings. The smallest absolute Gasteiger partial charge is 0.0426 e. The van der Waals surface area contributed by atoms with Crippen LogP contribution in [-0.2, 0) is 0 Å². The first-order valence-electron chi connectivity index (χ1n) is 11.5. The molecule has 0 aromatic heterocycles. The molecule has 4 aliphatic carbocycles. The molecule has 0 spiro atoms. The minimum atomic E-state index is 0.547. The summed E-state index contributed by atoms with van der Waals surface area (Å²) in [5.74, 6) is 1.90. The summed E-state index contributed by atoms with van der Waals surface area (Å²) in [5, 5.41) is 8.88. The van der Waals surface area contributed by atoms with Gasteiger partial charge in [-0.1, -0.05) is 35.3 Å². The van der Waals surface area contributed by atoms with Crippen molar-refractivity contribution < 1.29 is 0 Å². The molecule has 0 heterocycles. The van der Waals surface area contributed by atoms with Crippen molar-refractivity contribution in [2.75, 3.05) is 23.7 Å². The molecule has 2 nitrogen and oxygen atoms in total. The Kier molecular flexibility index (Phi) is 5.66. The lowest BCUT2D eigenvalue weighted by Gasteiger charge is -2.62. The van der Waals surface area contributed by atoms with Gasteiger partial charge in [0.2, 0.25) is 0 Å². The topological polar surface area (TPSA) is 24.1 Å². The first-order chi connectivity index (χ1) is 14.5. The average Bonchev–Trinajstić information content (AvgIpc) is 2.67. The molecule has 0 radical (unpaired) electrons. The van der Waals surface area contributed by atoms with Gasteiger partial charge in [-0.05, 0) is 110 Å². The predicted molar refractivity (Wildman–Crippen MR) is 129 cm³/mol. The van der Waals surface area contributed by atoms with Crippen LogP contribution in [0.1, 0.15) is 51.4 Å². The molecule has 0 atom stereocenters. The van der Waals surface area contributed by atoms with Gasteiger partial charge in [0.25, 0.3) is 0 Å². The lowest BCUT2D eigenvalue weighted by molar-refractivity contribution is -0.114. The van der Waals surface area contributed by atoms with Crippen molar-refractivity contribution in [2.24, 2.45) is 22.7 Å². The summed E-state index contributed by atoms with van der Waals surface area (Å²) in [7, 11) is 0. The van der Waals surface area contributed by atoms with E-state index in [1.807, 2.05) is 36.4 Å². The Hall–Kier alpha value is -1.38. The highest BCUT2D eigenvalue weighted by Gasteiger charge is 2.56. The number of hydrogen-bond donors (Lipinski definition) is 2. The highest BCUT2D eigenvalue weighted by Crippen LogP contribution is 2.67. The maximum atomic E-state index is 6.15. The van der Waals surface area contributed by atoms with Crippen molar-refractivity contribution in [3.63, 3.8) is 0 Å². The van der Waals surface area contributed by atoms with E-state index in [2.05, 4.69) is 22.8 Å². The van der Waals surface area contributed by atoms with Crippen molar-refractivity contribution >= 4 is 34.6 Å². The van der Waals surface area contributed by atoms with Crippen LogP contribution in [0.3, 0.4) is 0 Å². The van der Waals surface area contributed by atoms with Crippen molar-refractivity contribution in [3.05, 3.63) is 58.6 Å². The zero-order valence-electron chi connectivity index (χ0n) is 17.6. The Balaban J connectivity index is 1.21. The minimum absolute atomic E-state index is 0.547. The molecule has 4 bridgehead atoms. The molecule has 30 heavy (non-hydrogen) atoms. The molecular formula is C26H32Cl2N2. The number of anilines is 2. The van der Waals surface area contributed by atoms with Crippen LogP contribution in [0.25, 0.3) is 0 Å². The molecule has 4 saturated carbocycles. The molecule has 160 valence electrons. The molecule has 4 heteroatoms. The second-order valence-electron chi connectivity index (χ2n) is 10.3. The van der Waals surface area contributed by atoms with Crippen LogP contribution < -0.4 is 10.6 Å². The van der Waals surface area contributed by atoms with Crippen LogP contribution in [0.5, 0.6) is 0 Å². The zero-order chi connectivity index (χ0) is 20.6. The van der Waals surface area contributed by atoms with E-state index in [0.717, 1.165) is 46.3 Å². The minimum Gasteiger partial charge on any atom is -0.385 e. The maximum absolute atomic E-state index is 6.15. The number of benzene rings is 2. The lowest BCUT2D eigenvalue weighted by Crippen LogP contribution is -2.52. The first-order valence-corrected chi connectivity index (χ1v) is 12.3. The van der Waals surface area contributed by atoms with E-state index in [-0.39, 0.29) is 0 Å². The molecule has 2 aromatic rings. The van der Waals surface area contributed by atoms with E-state index < -0.39 is 0 Å². The molecule has 2 N–H and O–H groups in total. The second-order valence-corrected chi connectivity index (χ2v) is 11.2. The van der Waals surface area contributed by atoms with E-state index in [9.17, 15) is 0 Å². The van der Waals surface area contributed by atoms with E-state index in [4.69, 9.17) is 23.2 Å². The third-order valence-electron chi connectivity index (χ3n) is 7.92. The number of halogens is 2. The van der Waals surface area contributed by atoms with Gasteiger partial charge in [-0.15, -0.1) is 0 Å².